The number of carbonyl (C=O) groups excluding carboxylic acids is 2. The summed E-state index contributed by atoms with van der Waals surface area (Å²) in [5, 5.41) is 3.45. The molecule has 0 aliphatic heterocycles. The first kappa shape index (κ1) is 18.4. The second-order valence-electron chi connectivity index (χ2n) is 5.88. The maximum atomic E-state index is 12.0. The standard InChI is InChI=1S/C20H18ClNO3S/c1-13-2-10-19(26-13)17(23)8-11-20(24)22-12-16-7-9-18(25-16)14-3-5-15(21)6-4-14/h2-7,9-10H,8,11-12H2,1H3,(H,22,24). The van der Waals surface area contributed by atoms with Gasteiger partial charge < -0.3 is 9.73 Å². The molecule has 1 amide bonds. The number of amides is 1. The molecule has 1 aromatic carbocycles. The van der Waals surface area contributed by atoms with Crippen LogP contribution in [-0.4, -0.2) is 11.7 Å². The number of benzene rings is 1. The zero-order valence-electron chi connectivity index (χ0n) is 14.3. The Bertz CT molecular complexity index is 911. The van der Waals surface area contributed by atoms with Crippen molar-refractivity contribution in [2.45, 2.75) is 26.3 Å². The van der Waals surface area contributed by atoms with Crippen molar-refractivity contribution < 1.29 is 14.0 Å². The smallest absolute Gasteiger partial charge is 0.220 e. The molecule has 0 bridgehead atoms. The highest BCUT2D eigenvalue weighted by molar-refractivity contribution is 7.14. The number of thiophene rings is 1. The third kappa shape index (κ3) is 4.84. The molecule has 4 nitrogen and oxygen atoms in total. The zero-order valence-corrected chi connectivity index (χ0v) is 15.8. The minimum absolute atomic E-state index is 0.00118. The summed E-state index contributed by atoms with van der Waals surface area (Å²) < 4.78 is 5.73. The second kappa shape index (κ2) is 8.34. The number of Topliss-reactive ketones (excluding diaryl/α,β-unsaturated/α-hetero) is 1. The fourth-order valence-corrected chi connectivity index (χ4v) is 3.41. The Hall–Kier alpha value is -2.37. The predicted octanol–water partition coefficient (Wildman–Crippen LogP) is 5.25. The topological polar surface area (TPSA) is 59.3 Å². The van der Waals surface area contributed by atoms with Crippen LogP contribution in [0.5, 0.6) is 0 Å². The van der Waals surface area contributed by atoms with E-state index in [1.807, 2.05) is 37.3 Å². The number of furan rings is 1. The van der Waals surface area contributed by atoms with Crippen LogP contribution in [0.15, 0.2) is 52.9 Å². The molecule has 0 saturated carbocycles. The van der Waals surface area contributed by atoms with Gasteiger partial charge in [-0.05, 0) is 55.5 Å². The van der Waals surface area contributed by atoms with E-state index in [4.69, 9.17) is 16.0 Å². The van der Waals surface area contributed by atoms with Gasteiger partial charge in [-0.1, -0.05) is 11.6 Å². The summed E-state index contributed by atoms with van der Waals surface area (Å²) in [6, 6.07) is 14.7. The van der Waals surface area contributed by atoms with E-state index in [9.17, 15) is 9.59 Å². The third-order valence-corrected chi connectivity index (χ3v) is 5.14. The molecule has 2 aromatic heterocycles. The van der Waals surface area contributed by atoms with Crippen molar-refractivity contribution in [3.8, 4) is 11.3 Å². The average molecular weight is 388 g/mol. The van der Waals surface area contributed by atoms with E-state index >= 15 is 0 Å². The molecule has 0 spiro atoms. The molecule has 0 unspecified atom stereocenters. The monoisotopic (exact) mass is 387 g/mol. The fraction of sp³-hybridized carbons (Fsp3) is 0.200. The lowest BCUT2D eigenvalue weighted by molar-refractivity contribution is -0.121. The van der Waals surface area contributed by atoms with Crippen LogP contribution in [0.1, 0.15) is 33.2 Å². The number of carbonyl (C=O) groups is 2. The quantitative estimate of drug-likeness (QED) is 0.563. The summed E-state index contributed by atoms with van der Waals surface area (Å²) in [7, 11) is 0. The summed E-state index contributed by atoms with van der Waals surface area (Å²) in [5.41, 5.74) is 0.920. The summed E-state index contributed by atoms with van der Waals surface area (Å²) in [4.78, 5) is 25.8. The van der Waals surface area contributed by atoms with E-state index in [1.54, 1.807) is 18.2 Å². The molecule has 0 aliphatic rings. The maximum absolute atomic E-state index is 12.0. The van der Waals surface area contributed by atoms with Crippen molar-refractivity contribution in [2.24, 2.45) is 0 Å². The Morgan fingerprint density at radius 2 is 1.81 bits per heavy atom. The van der Waals surface area contributed by atoms with Gasteiger partial charge in [0.2, 0.25) is 5.91 Å². The Kier molecular flexibility index (Phi) is 5.91. The van der Waals surface area contributed by atoms with Crippen molar-refractivity contribution >= 4 is 34.6 Å². The first-order chi connectivity index (χ1) is 12.5. The highest BCUT2D eigenvalue weighted by Crippen LogP contribution is 2.23. The van der Waals surface area contributed by atoms with Crippen LogP contribution in [0.3, 0.4) is 0 Å². The second-order valence-corrected chi connectivity index (χ2v) is 7.61. The summed E-state index contributed by atoms with van der Waals surface area (Å²) in [6.45, 7) is 2.24. The maximum Gasteiger partial charge on any atom is 0.220 e. The largest absolute Gasteiger partial charge is 0.459 e. The van der Waals surface area contributed by atoms with Crippen LogP contribution < -0.4 is 5.32 Å². The van der Waals surface area contributed by atoms with Crippen LogP contribution in [0, 0.1) is 6.92 Å². The Morgan fingerprint density at radius 1 is 1.04 bits per heavy atom. The van der Waals surface area contributed by atoms with E-state index in [1.165, 1.54) is 11.3 Å². The molecular weight excluding hydrogens is 370 g/mol. The normalized spacial score (nSPS) is 10.7. The number of aryl methyl sites for hydroxylation is 1. The van der Waals surface area contributed by atoms with Gasteiger partial charge in [0, 0.05) is 28.3 Å². The molecule has 0 fully saturated rings. The van der Waals surface area contributed by atoms with Gasteiger partial charge in [-0.15, -0.1) is 11.3 Å². The van der Waals surface area contributed by atoms with Crippen LogP contribution in [0.25, 0.3) is 11.3 Å². The molecule has 3 rings (SSSR count). The SMILES string of the molecule is Cc1ccc(C(=O)CCC(=O)NCc2ccc(-c3ccc(Cl)cc3)o2)s1. The molecule has 3 aromatic rings. The minimum atomic E-state index is -0.170. The van der Waals surface area contributed by atoms with E-state index < -0.39 is 0 Å². The molecule has 1 N–H and O–H groups in total. The van der Waals surface area contributed by atoms with Crippen molar-refractivity contribution in [3.63, 3.8) is 0 Å². The molecule has 6 heteroatoms. The molecule has 134 valence electrons. The Balaban J connectivity index is 1.47. The fourth-order valence-electron chi connectivity index (χ4n) is 2.45. The van der Waals surface area contributed by atoms with Gasteiger partial charge in [-0.25, -0.2) is 0 Å². The number of hydrogen-bond acceptors (Lipinski definition) is 4. The highest BCUT2D eigenvalue weighted by Gasteiger charge is 2.12. The van der Waals surface area contributed by atoms with Crippen molar-refractivity contribution in [1.82, 2.24) is 5.32 Å². The van der Waals surface area contributed by atoms with Gasteiger partial charge in [0.25, 0.3) is 0 Å². The van der Waals surface area contributed by atoms with Gasteiger partial charge in [-0.3, -0.25) is 9.59 Å². The van der Waals surface area contributed by atoms with E-state index in [0.717, 1.165) is 10.4 Å². The van der Waals surface area contributed by atoms with Gasteiger partial charge in [0.15, 0.2) is 5.78 Å². The molecule has 26 heavy (non-hydrogen) atoms. The summed E-state index contributed by atoms with van der Waals surface area (Å²) >= 11 is 7.33. The van der Waals surface area contributed by atoms with Crippen LogP contribution in [-0.2, 0) is 11.3 Å². The van der Waals surface area contributed by atoms with E-state index in [0.29, 0.717) is 28.0 Å². The number of rotatable bonds is 7. The van der Waals surface area contributed by atoms with Crippen molar-refractivity contribution in [1.29, 1.82) is 0 Å². The van der Waals surface area contributed by atoms with Crippen LogP contribution >= 0.6 is 22.9 Å². The van der Waals surface area contributed by atoms with E-state index in [2.05, 4.69) is 5.32 Å². The number of hydrogen-bond donors (Lipinski definition) is 1. The lowest BCUT2D eigenvalue weighted by atomic mass is 10.2. The van der Waals surface area contributed by atoms with Gasteiger partial charge in [-0.2, -0.15) is 0 Å². The van der Waals surface area contributed by atoms with Gasteiger partial charge >= 0.3 is 0 Å². The zero-order chi connectivity index (χ0) is 18.5. The first-order valence-electron chi connectivity index (χ1n) is 8.22. The van der Waals surface area contributed by atoms with Crippen molar-refractivity contribution in [3.05, 3.63) is 69.1 Å². The number of nitrogens with one attached hydrogen (secondary N) is 1. The summed E-state index contributed by atoms with van der Waals surface area (Å²) in [5.74, 6) is 1.20. The molecule has 0 atom stereocenters. The lowest BCUT2D eigenvalue weighted by Crippen LogP contribution is -2.22. The van der Waals surface area contributed by atoms with Gasteiger partial charge in [0.05, 0.1) is 11.4 Å². The molecule has 0 saturated heterocycles. The molecule has 0 radical (unpaired) electrons. The van der Waals surface area contributed by atoms with Crippen LogP contribution in [0.4, 0.5) is 0 Å². The highest BCUT2D eigenvalue weighted by atomic mass is 35.5. The molecule has 0 aliphatic carbocycles. The Morgan fingerprint density at radius 3 is 2.50 bits per heavy atom. The first-order valence-corrected chi connectivity index (χ1v) is 9.42. The predicted molar refractivity (Wildman–Crippen MR) is 104 cm³/mol. The van der Waals surface area contributed by atoms with E-state index in [-0.39, 0.29) is 24.5 Å². The van der Waals surface area contributed by atoms with Gasteiger partial charge in [0.1, 0.15) is 11.5 Å². The minimum Gasteiger partial charge on any atom is -0.459 e. The number of ketones is 1. The lowest BCUT2D eigenvalue weighted by Gasteiger charge is -2.03. The summed E-state index contributed by atoms with van der Waals surface area (Å²) in [6.07, 6.45) is 0.375. The van der Waals surface area contributed by atoms with Crippen molar-refractivity contribution in [2.75, 3.05) is 0 Å². The molecule has 2 heterocycles. The number of halogens is 1. The molecular formula is C20H18ClNO3S. The van der Waals surface area contributed by atoms with Crippen LogP contribution in [0.2, 0.25) is 5.02 Å². The Labute approximate surface area is 160 Å². The average Bonchev–Trinajstić information content (AvgIpc) is 3.27. The third-order valence-electron chi connectivity index (χ3n) is 3.84.